The average Bonchev–Trinajstić information content (AvgIpc) is 2.76. The molecule has 0 unspecified atom stereocenters. The van der Waals surface area contributed by atoms with Crippen LogP contribution in [0.3, 0.4) is 0 Å². The van der Waals surface area contributed by atoms with Crippen LogP contribution in [0.5, 0.6) is 0 Å². The van der Waals surface area contributed by atoms with E-state index in [0.717, 1.165) is 22.3 Å². The van der Waals surface area contributed by atoms with Gasteiger partial charge < -0.3 is 10.3 Å². The number of carbonyl (C=O) groups is 1. The van der Waals surface area contributed by atoms with Gasteiger partial charge in [0.05, 0.1) is 23.1 Å². The van der Waals surface area contributed by atoms with E-state index in [0.29, 0.717) is 11.7 Å². The van der Waals surface area contributed by atoms with E-state index >= 15 is 0 Å². The molecule has 0 bridgehead atoms. The second-order valence-corrected chi connectivity index (χ2v) is 5.88. The van der Waals surface area contributed by atoms with E-state index in [1.54, 1.807) is 6.33 Å². The van der Waals surface area contributed by atoms with Crippen molar-refractivity contribution in [3.63, 3.8) is 0 Å². The zero-order valence-electron chi connectivity index (χ0n) is 11.5. The number of aryl methyl sites for hydroxylation is 1. The SMILES string of the molecule is Cc1nc(Cl)c(CNC(=O)C(C)(C)C)c2nc[nH]c12. The van der Waals surface area contributed by atoms with Crippen LogP contribution in [0.2, 0.25) is 5.15 Å². The third-order valence-electron chi connectivity index (χ3n) is 2.91. The topological polar surface area (TPSA) is 70.7 Å². The molecular weight excluding hydrogens is 264 g/mol. The number of carbonyl (C=O) groups excluding carboxylic acids is 1. The summed E-state index contributed by atoms with van der Waals surface area (Å²) in [4.78, 5) is 23.4. The van der Waals surface area contributed by atoms with Gasteiger partial charge in [-0.2, -0.15) is 0 Å². The van der Waals surface area contributed by atoms with Crippen molar-refractivity contribution < 1.29 is 4.79 Å². The summed E-state index contributed by atoms with van der Waals surface area (Å²) in [6.45, 7) is 7.78. The number of H-pyrrole nitrogens is 1. The van der Waals surface area contributed by atoms with Crippen LogP contribution in [-0.2, 0) is 11.3 Å². The molecule has 6 heteroatoms. The van der Waals surface area contributed by atoms with Gasteiger partial charge in [-0.3, -0.25) is 4.79 Å². The minimum atomic E-state index is -0.435. The first-order chi connectivity index (χ1) is 8.80. The first kappa shape index (κ1) is 13.8. The number of halogens is 1. The Labute approximate surface area is 116 Å². The molecule has 5 nitrogen and oxygen atoms in total. The number of nitrogens with zero attached hydrogens (tertiary/aromatic N) is 2. The molecule has 1 amide bonds. The molecule has 0 aliphatic carbocycles. The number of imidazole rings is 1. The van der Waals surface area contributed by atoms with Gasteiger partial charge in [0.2, 0.25) is 5.91 Å². The smallest absolute Gasteiger partial charge is 0.225 e. The molecular formula is C13H17ClN4O. The average molecular weight is 281 g/mol. The van der Waals surface area contributed by atoms with Crippen LogP contribution in [0.15, 0.2) is 6.33 Å². The van der Waals surface area contributed by atoms with Crippen molar-refractivity contribution in [3.05, 3.63) is 22.7 Å². The number of aromatic nitrogens is 3. The van der Waals surface area contributed by atoms with Gasteiger partial charge in [-0.15, -0.1) is 0 Å². The molecule has 19 heavy (non-hydrogen) atoms. The molecule has 2 N–H and O–H groups in total. The fourth-order valence-electron chi connectivity index (χ4n) is 1.76. The monoisotopic (exact) mass is 280 g/mol. The van der Waals surface area contributed by atoms with Crippen LogP contribution in [0, 0.1) is 12.3 Å². The highest BCUT2D eigenvalue weighted by Crippen LogP contribution is 2.24. The molecule has 2 heterocycles. The van der Waals surface area contributed by atoms with Crippen molar-refractivity contribution in [1.82, 2.24) is 20.3 Å². The lowest BCUT2D eigenvalue weighted by Crippen LogP contribution is -2.34. The van der Waals surface area contributed by atoms with E-state index in [9.17, 15) is 4.79 Å². The first-order valence-electron chi connectivity index (χ1n) is 6.07. The van der Waals surface area contributed by atoms with Crippen LogP contribution in [0.1, 0.15) is 32.0 Å². The van der Waals surface area contributed by atoms with Crippen molar-refractivity contribution in [3.8, 4) is 0 Å². The first-order valence-corrected chi connectivity index (χ1v) is 6.45. The third-order valence-corrected chi connectivity index (χ3v) is 3.22. The lowest BCUT2D eigenvalue weighted by molar-refractivity contribution is -0.128. The molecule has 0 fully saturated rings. The summed E-state index contributed by atoms with van der Waals surface area (Å²) in [5.41, 5.74) is 2.70. The summed E-state index contributed by atoms with van der Waals surface area (Å²) in [7, 11) is 0. The van der Waals surface area contributed by atoms with Crippen LogP contribution in [-0.4, -0.2) is 20.9 Å². The Kier molecular flexibility index (Phi) is 3.49. The Morgan fingerprint density at radius 2 is 2.16 bits per heavy atom. The van der Waals surface area contributed by atoms with Gasteiger partial charge in [0, 0.05) is 17.5 Å². The number of nitrogens with one attached hydrogen (secondary N) is 2. The van der Waals surface area contributed by atoms with Gasteiger partial charge in [0.15, 0.2) is 0 Å². The molecule has 0 aliphatic rings. The van der Waals surface area contributed by atoms with Gasteiger partial charge in [-0.25, -0.2) is 9.97 Å². The minimum Gasteiger partial charge on any atom is -0.351 e. The molecule has 0 aliphatic heterocycles. The molecule has 2 aromatic heterocycles. The maximum Gasteiger partial charge on any atom is 0.225 e. The van der Waals surface area contributed by atoms with Crippen molar-refractivity contribution >= 4 is 28.5 Å². The summed E-state index contributed by atoms with van der Waals surface area (Å²) < 4.78 is 0. The van der Waals surface area contributed by atoms with Crippen molar-refractivity contribution in [2.45, 2.75) is 34.2 Å². The molecule has 2 rings (SSSR count). The van der Waals surface area contributed by atoms with Gasteiger partial charge in [-0.1, -0.05) is 32.4 Å². The second-order valence-electron chi connectivity index (χ2n) is 5.53. The largest absolute Gasteiger partial charge is 0.351 e. The number of aromatic amines is 1. The molecule has 0 saturated heterocycles. The highest BCUT2D eigenvalue weighted by molar-refractivity contribution is 6.31. The number of hydrogen-bond acceptors (Lipinski definition) is 3. The fourth-order valence-corrected chi connectivity index (χ4v) is 2.04. The fraction of sp³-hybridized carbons (Fsp3) is 0.462. The van der Waals surface area contributed by atoms with Crippen LogP contribution < -0.4 is 5.32 Å². The van der Waals surface area contributed by atoms with Gasteiger partial charge >= 0.3 is 0 Å². The molecule has 0 aromatic carbocycles. The van der Waals surface area contributed by atoms with E-state index in [-0.39, 0.29) is 5.91 Å². The minimum absolute atomic E-state index is 0.0344. The third kappa shape index (κ3) is 2.71. The molecule has 2 aromatic rings. The van der Waals surface area contributed by atoms with E-state index in [1.165, 1.54) is 0 Å². The summed E-state index contributed by atoms with van der Waals surface area (Å²) >= 11 is 6.15. The van der Waals surface area contributed by atoms with Crippen LogP contribution in [0.4, 0.5) is 0 Å². The molecule has 0 spiro atoms. The highest BCUT2D eigenvalue weighted by atomic mass is 35.5. The summed E-state index contributed by atoms with van der Waals surface area (Å²) in [5.74, 6) is -0.0344. The molecule has 0 atom stereocenters. The predicted molar refractivity (Wildman–Crippen MR) is 74.9 cm³/mol. The number of hydrogen-bond donors (Lipinski definition) is 2. The zero-order chi connectivity index (χ0) is 14.2. The summed E-state index contributed by atoms with van der Waals surface area (Å²) in [6.07, 6.45) is 1.60. The quantitative estimate of drug-likeness (QED) is 0.831. The molecule has 102 valence electrons. The number of rotatable bonds is 2. The normalized spacial score (nSPS) is 11.8. The lowest BCUT2D eigenvalue weighted by atomic mass is 9.95. The Morgan fingerprint density at radius 1 is 1.47 bits per heavy atom. The Balaban J connectivity index is 2.31. The maximum atomic E-state index is 11.9. The maximum absolute atomic E-state index is 11.9. The van der Waals surface area contributed by atoms with Gasteiger partial charge in [0.25, 0.3) is 0 Å². The van der Waals surface area contributed by atoms with Crippen LogP contribution >= 0.6 is 11.6 Å². The van der Waals surface area contributed by atoms with Crippen molar-refractivity contribution in [2.24, 2.45) is 5.41 Å². The second kappa shape index (κ2) is 4.81. The summed E-state index contributed by atoms with van der Waals surface area (Å²) in [5, 5.41) is 3.24. The Morgan fingerprint density at radius 3 is 2.79 bits per heavy atom. The lowest BCUT2D eigenvalue weighted by Gasteiger charge is -2.18. The Hall–Kier alpha value is -1.62. The highest BCUT2D eigenvalue weighted by Gasteiger charge is 2.22. The van der Waals surface area contributed by atoms with Crippen molar-refractivity contribution in [2.75, 3.05) is 0 Å². The van der Waals surface area contributed by atoms with E-state index in [1.807, 2.05) is 27.7 Å². The number of pyridine rings is 1. The standard InChI is InChI=1S/C13H17ClN4O/c1-7-9-10(17-6-16-9)8(11(14)18-7)5-15-12(19)13(2,3)4/h6H,5H2,1-4H3,(H,15,19)(H,16,17). The van der Waals surface area contributed by atoms with Gasteiger partial charge in [0.1, 0.15) is 5.15 Å². The number of amides is 1. The number of fused-ring (bicyclic) bond motifs is 1. The molecule has 0 saturated carbocycles. The van der Waals surface area contributed by atoms with E-state index < -0.39 is 5.41 Å². The zero-order valence-corrected chi connectivity index (χ0v) is 12.2. The Bertz CT molecular complexity index is 627. The molecule has 0 radical (unpaired) electrons. The van der Waals surface area contributed by atoms with E-state index in [2.05, 4.69) is 20.3 Å². The van der Waals surface area contributed by atoms with Crippen molar-refractivity contribution in [1.29, 1.82) is 0 Å². The van der Waals surface area contributed by atoms with Crippen LogP contribution in [0.25, 0.3) is 11.0 Å². The predicted octanol–water partition coefficient (Wildman–Crippen LogP) is 2.58. The van der Waals surface area contributed by atoms with E-state index in [4.69, 9.17) is 11.6 Å². The summed E-state index contributed by atoms with van der Waals surface area (Å²) in [6, 6.07) is 0. The van der Waals surface area contributed by atoms with Gasteiger partial charge in [-0.05, 0) is 6.92 Å².